The molecule has 0 radical (unpaired) electrons. The number of hydrogen-bond acceptors (Lipinski definition) is 1. The lowest BCUT2D eigenvalue weighted by atomic mass is 9.77. The minimum Gasteiger partial charge on any atom is -0.330 e. The van der Waals surface area contributed by atoms with E-state index in [0.717, 1.165) is 12.0 Å². The van der Waals surface area contributed by atoms with Crippen LogP contribution in [0.1, 0.15) is 18.1 Å². The third-order valence-electron chi connectivity index (χ3n) is 3.50. The number of nitrogens with two attached hydrogens (primary N) is 1. The lowest BCUT2D eigenvalue weighted by molar-refractivity contribution is 0.481. The first-order valence-corrected chi connectivity index (χ1v) is 7.00. The van der Waals surface area contributed by atoms with Crippen molar-refractivity contribution in [1.29, 1.82) is 0 Å². The van der Waals surface area contributed by atoms with Gasteiger partial charge in [0.15, 0.2) is 0 Å². The van der Waals surface area contributed by atoms with Gasteiger partial charge in [-0.25, -0.2) is 0 Å². The summed E-state index contributed by atoms with van der Waals surface area (Å²) in [5.74, 6) is 0. The van der Waals surface area contributed by atoms with E-state index in [9.17, 15) is 0 Å². The van der Waals surface area contributed by atoms with E-state index in [-0.39, 0.29) is 5.41 Å². The highest BCUT2D eigenvalue weighted by molar-refractivity contribution is 6.42. The van der Waals surface area contributed by atoms with Crippen LogP contribution in [0.2, 0.25) is 10.0 Å². The lowest BCUT2D eigenvalue weighted by Gasteiger charge is -2.29. The second-order valence-electron chi connectivity index (χ2n) is 5.06. The van der Waals surface area contributed by atoms with Crippen LogP contribution in [0.4, 0.5) is 0 Å². The molecule has 0 saturated carbocycles. The van der Waals surface area contributed by atoms with Crippen molar-refractivity contribution >= 4 is 23.2 Å². The van der Waals surface area contributed by atoms with Gasteiger partial charge in [-0.3, -0.25) is 0 Å². The van der Waals surface area contributed by atoms with Crippen molar-refractivity contribution < 1.29 is 0 Å². The van der Waals surface area contributed by atoms with Gasteiger partial charge in [0.1, 0.15) is 0 Å². The van der Waals surface area contributed by atoms with Crippen LogP contribution >= 0.6 is 23.2 Å². The smallest absolute Gasteiger partial charge is 0.0595 e. The highest BCUT2D eigenvalue weighted by Crippen LogP contribution is 2.32. The summed E-state index contributed by atoms with van der Waals surface area (Å²) in [6.07, 6.45) is 0.877. The van der Waals surface area contributed by atoms with Crippen LogP contribution < -0.4 is 5.73 Å². The van der Waals surface area contributed by atoms with E-state index in [2.05, 4.69) is 19.1 Å². The first kappa shape index (κ1) is 14.4. The Balaban J connectivity index is 2.33. The molecule has 0 aromatic heterocycles. The summed E-state index contributed by atoms with van der Waals surface area (Å²) in [5.41, 5.74) is 8.24. The van der Waals surface area contributed by atoms with Crippen LogP contribution in [0.3, 0.4) is 0 Å². The topological polar surface area (TPSA) is 26.0 Å². The first-order valence-electron chi connectivity index (χ1n) is 6.25. The van der Waals surface area contributed by atoms with Crippen LogP contribution in [0.25, 0.3) is 0 Å². The molecule has 100 valence electrons. The Morgan fingerprint density at radius 3 is 2.26 bits per heavy atom. The summed E-state index contributed by atoms with van der Waals surface area (Å²) in [6, 6.07) is 16.1. The number of rotatable bonds is 4. The van der Waals surface area contributed by atoms with Gasteiger partial charge in [-0.1, -0.05) is 66.5 Å². The summed E-state index contributed by atoms with van der Waals surface area (Å²) in [4.78, 5) is 0. The van der Waals surface area contributed by atoms with Gasteiger partial charge < -0.3 is 5.73 Å². The third-order valence-corrected chi connectivity index (χ3v) is 4.24. The quantitative estimate of drug-likeness (QED) is 0.885. The van der Waals surface area contributed by atoms with E-state index in [1.807, 2.05) is 36.4 Å². The number of halogens is 2. The summed E-state index contributed by atoms with van der Waals surface area (Å²) in [6.45, 7) is 2.71. The Labute approximate surface area is 124 Å². The van der Waals surface area contributed by atoms with Gasteiger partial charge in [-0.05, 0) is 29.7 Å². The maximum Gasteiger partial charge on any atom is 0.0595 e. The minimum absolute atomic E-state index is 0.143. The Bertz CT molecular complexity index is 554. The van der Waals surface area contributed by atoms with Crippen molar-refractivity contribution in [3.05, 3.63) is 69.7 Å². The van der Waals surface area contributed by atoms with Gasteiger partial charge in [-0.15, -0.1) is 0 Å². The molecule has 0 aliphatic rings. The fourth-order valence-corrected chi connectivity index (χ4v) is 2.51. The first-order chi connectivity index (χ1) is 9.05. The zero-order valence-corrected chi connectivity index (χ0v) is 12.4. The molecule has 0 aliphatic carbocycles. The van der Waals surface area contributed by atoms with Gasteiger partial charge in [0.25, 0.3) is 0 Å². The summed E-state index contributed by atoms with van der Waals surface area (Å²) in [5, 5.41) is 1.15. The van der Waals surface area contributed by atoms with E-state index in [1.165, 1.54) is 5.56 Å². The van der Waals surface area contributed by atoms with Crippen molar-refractivity contribution in [2.24, 2.45) is 5.73 Å². The molecule has 1 unspecified atom stereocenters. The summed E-state index contributed by atoms with van der Waals surface area (Å²) < 4.78 is 0. The fraction of sp³-hybridized carbons (Fsp3) is 0.250. The van der Waals surface area contributed by atoms with Crippen molar-refractivity contribution in [1.82, 2.24) is 0 Å². The normalized spacial score (nSPS) is 14.1. The van der Waals surface area contributed by atoms with E-state index >= 15 is 0 Å². The molecule has 2 N–H and O–H groups in total. The molecular formula is C16H17Cl2N. The van der Waals surface area contributed by atoms with Gasteiger partial charge in [0, 0.05) is 12.0 Å². The van der Waals surface area contributed by atoms with Crippen LogP contribution in [0.5, 0.6) is 0 Å². The molecule has 0 amide bonds. The molecular weight excluding hydrogens is 277 g/mol. The van der Waals surface area contributed by atoms with Crippen molar-refractivity contribution in [3.63, 3.8) is 0 Å². The molecule has 19 heavy (non-hydrogen) atoms. The van der Waals surface area contributed by atoms with Crippen LogP contribution in [0, 0.1) is 0 Å². The van der Waals surface area contributed by atoms with E-state index in [0.29, 0.717) is 16.6 Å². The molecule has 0 fully saturated rings. The Kier molecular flexibility index (Phi) is 4.51. The molecule has 2 aromatic rings. The van der Waals surface area contributed by atoms with Crippen LogP contribution in [0.15, 0.2) is 48.5 Å². The summed E-state index contributed by atoms with van der Waals surface area (Å²) >= 11 is 12.1. The molecule has 0 aliphatic heterocycles. The highest BCUT2D eigenvalue weighted by Gasteiger charge is 2.26. The fourth-order valence-electron chi connectivity index (χ4n) is 2.21. The Hall–Kier alpha value is -1.02. The predicted molar refractivity (Wildman–Crippen MR) is 83.0 cm³/mol. The molecule has 3 heteroatoms. The number of hydrogen-bond donors (Lipinski definition) is 1. The zero-order valence-electron chi connectivity index (χ0n) is 10.9. The molecule has 0 bridgehead atoms. The Morgan fingerprint density at radius 1 is 1.00 bits per heavy atom. The summed E-state index contributed by atoms with van der Waals surface area (Å²) in [7, 11) is 0. The zero-order chi connectivity index (χ0) is 13.9. The van der Waals surface area contributed by atoms with E-state index < -0.39 is 0 Å². The lowest BCUT2D eigenvalue weighted by Crippen LogP contribution is -2.34. The van der Waals surface area contributed by atoms with Crippen molar-refractivity contribution in [2.75, 3.05) is 6.54 Å². The molecule has 0 heterocycles. The number of benzene rings is 2. The second-order valence-corrected chi connectivity index (χ2v) is 5.87. The van der Waals surface area contributed by atoms with Crippen LogP contribution in [-0.4, -0.2) is 6.54 Å². The molecule has 1 nitrogen and oxygen atoms in total. The monoisotopic (exact) mass is 293 g/mol. The third kappa shape index (κ3) is 3.30. The van der Waals surface area contributed by atoms with Gasteiger partial charge in [0.05, 0.1) is 10.0 Å². The molecule has 0 saturated heterocycles. The highest BCUT2D eigenvalue weighted by atomic mass is 35.5. The second kappa shape index (κ2) is 5.96. The molecule has 1 atom stereocenters. The van der Waals surface area contributed by atoms with Gasteiger partial charge >= 0.3 is 0 Å². The van der Waals surface area contributed by atoms with Gasteiger partial charge in [0.2, 0.25) is 0 Å². The van der Waals surface area contributed by atoms with E-state index in [4.69, 9.17) is 28.9 Å². The maximum atomic E-state index is 6.11. The predicted octanol–water partition coefficient (Wildman–Crippen LogP) is 4.45. The van der Waals surface area contributed by atoms with Gasteiger partial charge in [-0.2, -0.15) is 0 Å². The van der Waals surface area contributed by atoms with Crippen molar-refractivity contribution in [2.45, 2.75) is 18.8 Å². The molecule has 0 spiro atoms. The maximum absolute atomic E-state index is 6.11. The van der Waals surface area contributed by atoms with Crippen LogP contribution in [-0.2, 0) is 11.8 Å². The minimum atomic E-state index is -0.143. The standard InChI is InChI=1S/C16H17Cl2N/c1-16(11-19,10-12-5-3-2-4-6-12)13-7-8-14(17)15(18)9-13/h2-9H,10-11,19H2,1H3. The van der Waals surface area contributed by atoms with E-state index in [1.54, 1.807) is 0 Å². The average molecular weight is 294 g/mol. The van der Waals surface area contributed by atoms with Crippen molar-refractivity contribution in [3.8, 4) is 0 Å². The average Bonchev–Trinajstić information content (AvgIpc) is 2.43. The molecule has 2 aromatic carbocycles. The Morgan fingerprint density at radius 2 is 1.68 bits per heavy atom. The molecule has 2 rings (SSSR count). The largest absolute Gasteiger partial charge is 0.330 e. The SMILES string of the molecule is CC(CN)(Cc1ccccc1)c1ccc(Cl)c(Cl)c1.